The summed E-state index contributed by atoms with van der Waals surface area (Å²) in [7, 11) is 0. The maximum Gasteiger partial charge on any atom is 0.219 e. The molecule has 0 bridgehead atoms. The Labute approximate surface area is 146 Å². The SMILES string of the molecule is CCCCCCCCCCCC(=O)NCCC(N)(CO)C(O)Cl. The first-order valence-corrected chi connectivity index (χ1v) is 9.38. The molecule has 2 unspecified atom stereocenters. The van der Waals surface area contributed by atoms with Crippen LogP contribution in [0.3, 0.4) is 0 Å². The smallest absolute Gasteiger partial charge is 0.219 e. The lowest BCUT2D eigenvalue weighted by Crippen LogP contribution is -2.53. The third kappa shape index (κ3) is 11.8. The lowest BCUT2D eigenvalue weighted by Gasteiger charge is -2.28. The monoisotopic (exact) mass is 350 g/mol. The summed E-state index contributed by atoms with van der Waals surface area (Å²) >= 11 is 5.53. The number of carbonyl (C=O) groups is 1. The molecule has 6 heteroatoms. The van der Waals surface area contributed by atoms with Crippen molar-refractivity contribution in [3.63, 3.8) is 0 Å². The van der Waals surface area contributed by atoms with Crippen molar-refractivity contribution in [3.05, 3.63) is 0 Å². The van der Waals surface area contributed by atoms with E-state index in [0.717, 1.165) is 12.8 Å². The third-order valence-electron chi connectivity index (χ3n) is 4.19. The third-order valence-corrected chi connectivity index (χ3v) is 4.62. The van der Waals surface area contributed by atoms with Crippen molar-refractivity contribution in [2.75, 3.05) is 13.2 Å². The van der Waals surface area contributed by atoms with Crippen LogP contribution in [0.2, 0.25) is 0 Å². The van der Waals surface area contributed by atoms with Gasteiger partial charge in [-0.3, -0.25) is 4.79 Å². The first-order chi connectivity index (χ1) is 11.0. The Morgan fingerprint density at radius 1 is 1.13 bits per heavy atom. The lowest BCUT2D eigenvalue weighted by atomic mass is 9.98. The first-order valence-electron chi connectivity index (χ1n) is 8.95. The largest absolute Gasteiger partial charge is 0.394 e. The van der Waals surface area contributed by atoms with Crippen molar-refractivity contribution in [3.8, 4) is 0 Å². The molecule has 23 heavy (non-hydrogen) atoms. The van der Waals surface area contributed by atoms with Gasteiger partial charge in [0.25, 0.3) is 0 Å². The highest BCUT2D eigenvalue weighted by Crippen LogP contribution is 2.14. The molecule has 0 aliphatic carbocycles. The maximum absolute atomic E-state index is 11.7. The summed E-state index contributed by atoms with van der Waals surface area (Å²) in [6.45, 7) is 2.10. The van der Waals surface area contributed by atoms with E-state index in [0.29, 0.717) is 13.0 Å². The van der Waals surface area contributed by atoms with Gasteiger partial charge in [0.05, 0.1) is 12.1 Å². The van der Waals surface area contributed by atoms with E-state index in [-0.39, 0.29) is 12.3 Å². The highest BCUT2D eigenvalue weighted by molar-refractivity contribution is 6.20. The molecule has 1 amide bonds. The molecule has 0 aromatic heterocycles. The minimum atomic E-state index is -1.33. The minimum Gasteiger partial charge on any atom is -0.394 e. The van der Waals surface area contributed by atoms with E-state index in [1.807, 2.05) is 0 Å². The van der Waals surface area contributed by atoms with Gasteiger partial charge in [0.15, 0.2) is 0 Å². The summed E-state index contributed by atoms with van der Waals surface area (Å²) in [5, 5.41) is 21.2. The minimum absolute atomic E-state index is 0.0164. The van der Waals surface area contributed by atoms with Crippen LogP contribution in [-0.2, 0) is 4.79 Å². The number of hydrogen-bond acceptors (Lipinski definition) is 4. The second-order valence-corrected chi connectivity index (χ2v) is 6.82. The van der Waals surface area contributed by atoms with E-state index in [1.54, 1.807) is 0 Å². The van der Waals surface area contributed by atoms with Gasteiger partial charge in [0.2, 0.25) is 5.91 Å². The van der Waals surface area contributed by atoms with Gasteiger partial charge >= 0.3 is 0 Å². The van der Waals surface area contributed by atoms with Gasteiger partial charge in [0, 0.05) is 13.0 Å². The standard InChI is InChI=1S/C17H35ClN2O3/c1-2-3-4-5-6-7-8-9-10-11-15(22)20-13-12-17(19,14-21)16(18)23/h16,21,23H,2-14,19H2,1H3,(H,20,22). The molecule has 0 rings (SSSR count). The number of amides is 1. The van der Waals surface area contributed by atoms with E-state index < -0.39 is 17.7 Å². The van der Waals surface area contributed by atoms with E-state index in [9.17, 15) is 9.90 Å². The predicted molar refractivity (Wildman–Crippen MR) is 95.3 cm³/mol. The topological polar surface area (TPSA) is 95.6 Å². The van der Waals surface area contributed by atoms with Crippen LogP contribution in [0.25, 0.3) is 0 Å². The van der Waals surface area contributed by atoms with Crippen molar-refractivity contribution in [2.24, 2.45) is 5.73 Å². The van der Waals surface area contributed by atoms with Crippen LogP contribution in [0.4, 0.5) is 0 Å². The Hall–Kier alpha value is -0.360. The summed E-state index contributed by atoms with van der Waals surface area (Å²) in [5.41, 5.74) is 3.14. The van der Waals surface area contributed by atoms with Crippen LogP contribution in [0.1, 0.15) is 77.6 Å². The Bertz CT molecular complexity index is 304. The molecular formula is C17H35ClN2O3. The van der Waals surface area contributed by atoms with Crippen LogP contribution in [0.5, 0.6) is 0 Å². The molecule has 0 aromatic rings. The number of hydrogen-bond donors (Lipinski definition) is 4. The van der Waals surface area contributed by atoms with Gasteiger partial charge in [-0.2, -0.15) is 0 Å². The molecule has 0 spiro atoms. The van der Waals surface area contributed by atoms with E-state index in [4.69, 9.17) is 22.4 Å². The molecule has 0 saturated carbocycles. The van der Waals surface area contributed by atoms with Gasteiger partial charge in [-0.1, -0.05) is 69.9 Å². The average molecular weight is 351 g/mol. The van der Waals surface area contributed by atoms with Crippen molar-refractivity contribution in [2.45, 2.75) is 88.7 Å². The zero-order valence-corrected chi connectivity index (χ0v) is 15.3. The fraction of sp³-hybridized carbons (Fsp3) is 0.941. The number of alkyl halides is 1. The molecule has 2 atom stereocenters. The molecule has 0 aliphatic rings. The number of aliphatic hydroxyl groups is 2. The van der Waals surface area contributed by atoms with Crippen molar-refractivity contribution in [1.82, 2.24) is 5.32 Å². The van der Waals surface area contributed by atoms with Gasteiger partial charge in [-0.25, -0.2) is 0 Å². The predicted octanol–water partition coefficient (Wildman–Crippen LogP) is 2.66. The van der Waals surface area contributed by atoms with Gasteiger partial charge in [0.1, 0.15) is 5.56 Å². The zero-order valence-electron chi connectivity index (χ0n) is 14.5. The fourth-order valence-electron chi connectivity index (χ4n) is 2.39. The van der Waals surface area contributed by atoms with Gasteiger partial charge in [-0.05, 0) is 12.8 Å². The maximum atomic E-state index is 11.7. The molecule has 0 aliphatic heterocycles. The first kappa shape index (κ1) is 22.6. The number of nitrogens with two attached hydrogens (primary N) is 1. The molecule has 138 valence electrons. The van der Waals surface area contributed by atoms with Crippen molar-refractivity contribution >= 4 is 17.5 Å². The number of carbonyl (C=O) groups excluding carboxylic acids is 1. The average Bonchev–Trinajstić information content (AvgIpc) is 2.52. The molecular weight excluding hydrogens is 316 g/mol. The molecule has 0 saturated heterocycles. The Morgan fingerprint density at radius 3 is 2.13 bits per heavy atom. The number of nitrogens with one attached hydrogen (secondary N) is 1. The molecule has 5 N–H and O–H groups in total. The number of halogens is 1. The molecule has 0 radical (unpaired) electrons. The summed E-state index contributed by atoms with van der Waals surface area (Å²) in [5.74, 6) is -0.0164. The Morgan fingerprint density at radius 2 is 1.65 bits per heavy atom. The number of aliphatic hydroxyl groups excluding tert-OH is 2. The van der Waals surface area contributed by atoms with Crippen LogP contribution in [0.15, 0.2) is 0 Å². The normalized spacial score (nSPS) is 15.2. The van der Waals surface area contributed by atoms with E-state index in [2.05, 4.69) is 12.2 Å². The summed E-state index contributed by atoms with van der Waals surface area (Å²) in [6, 6.07) is 0. The second-order valence-electron chi connectivity index (χ2n) is 6.41. The summed E-state index contributed by atoms with van der Waals surface area (Å²) in [4.78, 5) is 11.7. The van der Waals surface area contributed by atoms with E-state index >= 15 is 0 Å². The summed E-state index contributed by atoms with van der Waals surface area (Å²) < 4.78 is 0. The quantitative estimate of drug-likeness (QED) is 0.270. The van der Waals surface area contributed by atoms with Crippen molar-refractivity contribution < 1.29 is 15.0 Å². The summed E-state index contributed by atoms with van der Waals surface area (Å²) in [6.07, 6.45) is 11.7. The molecule has 0 heterocycles. The number of rotatable bonds is 15. The van der Waals surface area contributed by atoms with Crippen LogP contribution >= 0.6 is 11.6 Å². The highest BCUT2D eigenvalue weighted by Gasteiger charge is 2.31. The van der Waals surface area contributed by atoms with Crippen LogP contribution in [-0.4, -0.2) is 40.4 Å². The second kappa shape index (κ2) is 14.0. The molecule has 0 fully saturated rings. The van der Waals surface area contributed by atoms with Gasteiger partial charge < -0.3 is 21.3 Å². The Balaban J connectivity index is 3.51. The van der Waals surface area contributed by atoms with Crippen LogP contribution < -0.4 is 11.1 Å². The van der Waals surface area contributed by atoms with E-state index in [1.165, 1.54) is 44.9 Å². The van der Waals surface area contributed by atoms with Crippen LogP contribution in [0, 0.1) is 0 Å². The Kier molecular flexibility index (Phi) is 13.8. The van der Waals surface area contributed by atoms with Gasteiger partial charge in [-0.15, -0.1) is 0 Å². The highest BCUT2D eigenvalue weighted by atomic mass is 35.5. The zero-order chi connectivity index (χ0) is 17.6. The number of unbranched alkanes of at least 4 members (excludes halogenated alkanes) is 8. The molecule has 0 aromatic carbocycles. The lowest BCUT2D eigenvalue weighted by molar-refractivity contribution is -0.121. The fourth-order valence-corrected chi connectivity index (χ4v) is 2.57. The van der Waals surface area contributed by atoms with Crippen molar-refractivity contribution in [1.29, 1.82) is 0 Å². The molecule has 5 nitrogen and oxygen atoms in total.